The Morgan fingerprint density at radius 2 is 2.00 bits per heavy atom. The van der Waals surface area contributed by atoms with Crippen molar-refractivity contribution in [2.75, 3.05) is 6.61 Å². The van der Waals surface area contributed by atoms with Gasteiger partial charge in [-0.15, -0.1) is 0 Å². The quantitative estimate of drug-likeness (QED) is 0.802. The van der Waals surface area contributed by atoms with Gasteiger partial charge in [-0.3, -0.25) is 0 Å². The Morgan fingerprint density at radius 1 is 1.38 bits per heavy atom. The number of nitriles is 2. The van der Waals surface area contributed by atoms with E-state index in [-0.39, 0.29) is 13.0 Å². The lowest BCUT2D eigenvalue weighted by Crippen LogP contribution is -2.25. The van der Waals surface area contributed by atoms with Crippen LogP contribution in [0.2, 0.25) is 5.02 Å². The number of nitrogens with zero attached hydrogens (tertiary/aromatic N) is 2. The van der Waals surface area contributed by atoms with Crippen LogP contribution in [0.4, 0.5) is 0 Å². The zero-order chi connectivity index (χ0) is 15.5. The first-order chi connectivity index (χ1) is 10.1. The second kappa shape index (κ2) is 5.99. The van der Waals surface area contributed by atoms with Crippen molar-refractivity contribution in [3.63, 3.8) is 0 Å². The van der Waals surface area contributed by atoms with Crippen molar-refractivity contribution in [1.29, 1.82) is 10.5 Å². The molecule has 21 heavy (non-hydrogen) atoms. The minimum Gasteiger partial charge on any atom is -0.463 e. The molecular formula is C16H13ClN2O2. The molecule has 0 saturated carbocycles. The Balaban J connectivity index is 2.49. The van der Waals surface area contributed by atoms with Crippen molar-refractivity contribution < 1.29 is 9.53 Å². The Labute approximate surface area is 128 Å². The van der Waals surface area contributed by atoms with Crippen LogP contribution in [0.5, 0.6) is 0 Å². The molecule has 0 amide bonds. The number of ether oxygens (including phenoxy) is 1. The molecular weight excluding hydrogens is 288 g/mol. The molecule has 1 aromatic carbocycles. The van der Waals surface area contributed by atoms with Gasteiger partial charge in [0, 0.05) is 16.5 Å². The maximum Gasteiger partial charge on any atom is 0.334 e. The molecule has 1 aromatic rings. The summed E-state index contributed by atoms with van der Waals surface area (Å²) in [5.41, 5.74) is -0.211. The molecule has 4 nitrogen and oxygen atoms in total. The van der Waals surface area contributed by atoms with Gasteiger partial charge in [0.15, 0.2) is 5.41 Å². The van der Waals surface area contributed by atoms with Crippen LogP contribution in [0.1, 0.15) is 24.8 Å². The predicted octanol–water partition coefficient (Wildman–Crippen LogP) is 3.35. The largest absolute Gasteiger partial charge is 0.463 e. The summed E-state index contributed by atoms with van der Waals surface area (Å²) in [5.74, 6) is -1.10. The maximum absolute atomic E-state index is 12.1. The van der Waals surface area contributed by atoms with Gasteiger partial charge in [-0.25, -0.2) is 4.79 Å². The van der Waals surface area contributed by atoms with Gasteiger partial charge in [0.1, 0.15) is 0 Å². The Morgan fingerprint density at radius 3 is 2.52 bits per heavy atom. The van der Waals surface area contributed by atoms with Crippen LogP contribution in [-0.4, -0.2) is 12.6 Å². The van der Waals surface area contributed by atoms with Gasteiger partial charge in [0.2, 0.25) is 0 Å². The van der Waals surface area contributed by atoms with E-state index in [0.717, 1.165) is 0 Å². The molecule has 1 aliphatic rings. The van der Waals surface area contributed by atoms with E-state index in [1.807, 2.05) is 0 Å². The number of hydrogen-bond acceptors (Lipinski definition) is 4. The van der Waals surface area contributed by atoms with E-state index in [4.69, 9.17) is 16.3 Å². The molecule has 0 N–H and O–H groups in total. The van der Waals surface area contributed by atoms with Gasteiger partial charge in [0.05, 0.1) is 18.7 Å². The van der Waals surface area contributed by atoms with Crippen LogP contribution in [0.3, 0.4) is 0 Å². The molecule has 2 rings (SSSR count). The second-order valence-corrected chi connectivity index (χ2v) is 5.20. The molecule has 0 radical (unpaired) electrons. The number of rotatable bonds is 3. The summed E-state index contributed by atoms with van der Waals surface area (Å²) >= 11 is 5.87. The summed E-state index contributed by atoms with van der Waals surface area (Å²) in [6.45, 7) is 1.96. The first-order valence-corrected chi connectivity index (χ1v) is 6.91. The van der Waals surface area contributed by atoms with Crippen LogP contribution < -0.4 is 0 Å². The number of benzene rings is 1. The number of carbonyl (C=O) groups is 1. The number of halogens is 1. The summed E-state index contributed by atoms with van der Waals surface area (Å²) < 4.78 is 5.03. The molecule has 0 aliphatic heterocycles. The second-order valence-electron chi connectivity index (χ2n) is 4.76. The van der Waals surface area contributed by atoms with Gasteiger partial charge in [0.25, 0.3) is 0 Å². The summed E-state index contributed by atoms with van der Waals surface area (Å²) in [6, 6.07) is 10.9. The molecule has 0 heterocycles. The topological polar surface area (TPSA) is 73.9 Å². The predicted molar refractivity (Wildman–Crippen MR) is 77.2 cm³/mol. The highest BCUT2D eigenvalue weighted by Gasteiger charge is 2.48. The third kappa shape index (κ3) is 2.63. The minimum atomic E-state index is -1.28. The van der Waals surface area contributed by atoms with Crippen molar-refractivity contribution in [3.8, 4) is 12.1 Å². The Kier molecular flexibility index (Phi) is 4.31. The van der Waals surface area contributed by atoms with Crippen molar-refractivity contribution in [1.82, 2.24) is 0 Å². The zero-order valence-corrected chi connectivity index (χ0v) is 12.2. The van der Waals surface area contributed by atoms with Crippen LogP contribution in [-0.2, 0) is 9.53 Å². The molecule has 0 unspecified atom stereocenters. The van der Waals surface area contributed by atoms with E-state index in [1.54, 1.807) is 37.3 Å². The van der Waals surface area contributed by atoms with E-state index < -0.39 is 17.3 Å². The van der Waals surface area contributed by atoms with Crippen molar-refractivity contribution in [2.24, 2.45) is 5.41 Å². The Hall–Kier alpha value is -2.30. The van der Waals surface area contributed by atoms with E-state index in [2.05, 4.69) is 12.1 Å². The average Bonchev–Trinajstić information content (AvgIpc) is 2.88. The normalized spacial score (nSPS) is 19.2. The summed E-state index contributed by atoms with van der Waals surface area (Å²) in [7, 11) is 0. The lowest BCUT2D eigenvalue weighted by atomic mass is 9.73. The maximum atomic E-state index is 12.1. The fourth-order valence-electron chi connectivity index (χ4n) is 2.55. The Bertz CT molecular complexity index is 651. The smallest absolute Gasteiger partial charge is 0.334 e. The number of carbonyl (C=O) groups excluding carboxylic acids is 1. The van der Waals surface area contributed by atoms with Crippen LogP contribution in [0.15, 0.2) is 35.9 Å². The van der Waals surface area contributed by atoms with Gasteiger partial charge in [-0.2, -0.15) is 10.5 Å². The number of allylic oxidation sites excluding steroid dienone is 1. The molecule has 106 valence electrons. The van der Waals surface area contributed by atoms with Crippen LogP contribution >= 0.6 is 11.6 Å². The van der Waals surface area contributed by atoms with Crippen molar-refractivity contribution in [3.05, 3.63) is 46.5 Å². The third-order valence-electron chi connectivity index (χ3n) is 3.56. The molecule has 5 heteroatoms. The molecule has 1 atom stereocenters. The lowest BCUT2D eigenvalue weighted by Gasteiger charge is -2.24. The van der Waals surface area contributed by atoms with E-state index in [0.29, 0.717) is 16.2 Å². The molecule has 0 spiro atoms. The summed E-state index contributed by atoms with van der Waals surface area (Å²) in [5, 5.41) is 19.5. The fraction of sp³-hybridized carbons (Fsp3) is 0.312. The van der Waals surface area contributed by atoms with Crippen molar-refractivity contribution >= 4 is 17.6 Å². The number of hydrogen-bond donors (Lipinski definition) is 0. The molecule has 0 aromatic heterocycles. The van der Waals surface area contributed by atoms with Crippen molar-refractivity contribution in [2.45, 2.75) is 19.3 Å². The molecule has 0 bridgehead atoms. The van der Waals surface area contributed by atoms with Gasteiger partial charge in [-0.05, 0) is 31.0 Å². The molecule has 0 saturated heterocycles. The van der Waals surface area contributed by atoms with Gasteiger partial charge < -0.3 is 4.74 Å². The van der Waals surface area contributed by atoms with Crippen LogP contribution in [0.25, 0.3) is 0 Å². The monoisotopic (exact) mass is 300 g/mol. The van der Waals surface area contributed by atoms with E-state index in [9.17, 15) is 15.3 Å². The van der Waals surface area contributed by atoms with Crippen LogP contribution in [0, 0.1) is 28.1 Å². The van der Waals surface area contributed by atoms with Gasteiger partial charge in [-0.1, -0.05) is 29.8 Å². The SMILES string of the molecule is CCOC(=O)C1=CCC(C#N)(C#N)[C@H]1c1ccc(Cl)cc1. The minimum absolute atomic E-state index is 0.210. The average molecular weight is 301 g/mol. The zero-order valence-electron chi connectivity index (χ0n) is 11.5. The van der Waals surface area contributed by atoms with E-state index in [1.165, 1.54) is 0 Å². The summed E-state index contributed by atoms with van der Waals surface area (Å²) in [4.78, 5) is 12.1. The number of esters is 1. The van der Waals surface area contributed by atoms with Gasteiger partial charge >= 0.3 is 5.97 Å². The summed E-state index contributed by atoms with van der Waals surface area (Å²) in [6.07, 6.45) is 1.84. The first-order valence-electron chi connectivity index (χ1n) is 6.53. The standard InChI is InChI=1S/C16H13ClN2O2/c1-2-21-15(20)13-7-8-16(9-18,10-19)14(13)11-3-5-12(17)6-4-11/h3-7,14H,2,8H2,1H3/t14-/m0/s1. The fourth-order valence-corrected chi connectivity index (χ4v) is 2.68. The molecule has 1 aliphatic carbocycles. The third-order valence-corrected chi connectivity index (χ3v) is 3.81. The van der Waals surface area contributed by atoms with E-state index >= 15 is 0 Å². The molecule has 0 fully saturated rings. The highest BCUT2D eigenvalue weighted by molar-refractivity contribution is 6.30. The lowest BCUT2D eigenvalue weighted by molar-refractivity contribution is -0.138. The first kappa shape index (κ1) is 15.1. The highest BCUT2D eigenvalue weighted by Crippen LogP contribution is 2.49. The highest BCUT2D eigenvalue weighted by atomic mass is 35.5.